The average molecular weight is 539 g/mol. The molecule has 4 aromatic rings. The molecule has 0 bridgehead atoms. The summed E-state index contributed by atoms with van der Waals surface area (Å²) in [6, 6.07) is 26.0. The van der Waals surface area contributed by atoms with Gasteiger partial charge in [-0.25, -0.2) is 0 Å². The number of amidine groups is 2. The highest BCUT2D eigenvalue weighted by atomic mass is 35.5. The van der Waals surface area contributed by atoms with Crippen molar-refractivity contribution in [3.63, 3.8) is 0 Å². The zero-order valence-electron chi connectivity index (χ0n) is 21.0. The van der Waals surface area contributed by atoms with Gasteiger partial charge in [-0.1, -0.05) is 24.3 Å². The minimum Gasteiger partial charge on any atom is -0.368 e. The first-order valence-electron chi connectivity index (χ1n) is 12.6. The summed E-state index contributed by atoms with van der Waals surface area (Å²) < 4.78 is 0. The minimum absolute atomic E-state index is 0. The summed E-state index contributed by atoms with van der Waals surface area (Å²) >= 11 is 0. The third-order valence-corrected chi connectivity index (χ3v) is 6.59. The Morgan fingerprint density at radius 3 is 1.36 bits per heavy atom. The number of halogens is 1. The number of rotatable bonds is 6. The average Bonchev–Trinajstić information content (AvgIpc) is 3.69. The fraction of sp³-hybridized carbons (Fsp3) is 0.133. The lowest BCUT2D eigenvalue weighted by Gasteiger charge is -2.13. The van der Waals surface area contributed by atoms with Crippen molar-refractivity contribution in [1.82, 2.24) is 10.6 Å². The molecule has 0 unspecified atom stereocenters. The fourth-order valence-electron chi connectivity index (χ4n) is 4.70. The number of benzene rings is 4. The van der Waals surface area contributed by atoms with Crippen LogP contribution in [-0.2, 0) is 0 Å². The van der Waals surface area contributed by atoms with Crippen LogP contribution in [0.1, 0.15) is 31.8 Å². The van der Waals surface area contributed by atoms with Crippen molar-refractivity contribution in [2.24, 2.45) is 9.98 Å². The van der Waals surface area contributed by atoms with Gasteiger partial charge >= 0.3 is 0 Å². The van der Waals surface area contributed by atoms with Crippen LogP contribution in [-0.4, -0.2) is 49.7 Å². The van der Waals surface area contributed by atoms with E-state index in [0.717, 1.165) is 49.0 Å². The number of carbonyl (C=O) groups excluding carboxylic acids is 2. The minimum atomic E-state index is -0.240. The van der Waals surface area contributed by atoms with Crippen molar-refractivity contribution in [3.05, 3.63) is 107 Å². The zero-order valence-corrected chi connectivity index (χ0v) is 21.8. The van der Waals surface area contributed by atoms with Gasteiger partial charge in [0.1, 0.15) is 11.7 Å². The molecule has 2 aliphatic heterocycles. The van der Waals surface area contributed by atoms with Crippen LogP contribution in [0.4, 0.5) is 11.4 Å². The Morgan fingerprint density at radius 1 is 0.590 bits per heavy atom. The van der Waals surface area contributed by atoms with E-state index in [-0.39, 0.29) is 24.2 Å². The molecule has 0 aromatic heterocycles. The number of hydrogen-bond donors (Lipinski definition) is 4. The highest BCUT2D eigenvalue weighted by molar-refractivity contribution is 6.19. The summed E-state index contributed by atoms with van der Waals surface area (Å²) in [5, 5.41) is 13.8. The zero-order chi connectivity index (χ0) is 25.9. The summed E-state index contributed by atoms with van der Waals surface area (Å²) in [7, 11) is 0. The topological polar surface area (TPSA) is 107 Å². The predicted molar refractivity (Wildman–Crippen MR) is 159 cm³/mol. The molecular weight excluding hydrogens is 512 g/mol. The molecule has 0 saturated carbocycles. The van der Waals surface area contributed by atoms with Crippen LogP contribution in [0.2, 0.25) is 0 Å². The number of nitrogens with zero attached hydrogens (tertiary/aromatic N) is 2. The molecule has 0 radical (unpaired) electrons. The maximum atomic E-state index is 13.2. The van der Waals surface area contributed by atoms with Crippen molar-refractivity contribution in [1.29, 1.82) is 0 Å². The van der Waals surface area contributed by atoms with Gasteiger partial charge in [0.25, 0.3) is 11.8 Å². The van der Waals surface area contributed by atoms with E-state index in [2.05, 4.69) is 31.3 Å². The Morgan fingerprint density at radius 2 is 1.00 bits per heavy atom. The molecule has 2 heterocycles. The molecule has 39 heavy (non-hydrogen) atoms. The lowest BCUT2D eigenvalue weighted by atomic mass is 9.98. The molecule has 2 amide bonds. The van der Waals surface area contributed by atoms with Gasteiger partial charge in [-0.3, -0.25) is 19.6 Å². The Bertz CT molecular complexity index is 1480. The van der Waals surface area contributed by atoms with Crippen LogP contribution in [0, 0.1) is 0 Å². The van der Waals surface area contributed by atoms with Crippen LogP contribution >= 0.6 is 12.4 Å². The van der Waals surface area contributed by atoms with Crippen molar-refractivity contribution in [3.8, 4) is 0 Å². The Balaban J connectivity index is 0.00000308. The van der Waals surface area contributed by atoms with Crippen LogP contribution in [0.25, 0.3) is 10.8 Å². The van der Waals surface area contributed by atoms with Crippen LogP contribution < -0.4 is 21.3 Å². The third-order valence-electron chi connectivity index (χ3n) is 6.59. The molecule has 0 atom stereocenters. The quantitative estimate of drug-likeness (QED) is 0.290. The second-order valence-corrected chi connectivity index (χ2v) is 9.08. The summed E-state index contributed by atoms with van der Waals surface area (Å²) in [6.07, 6.45) is 0. The van der Waals surface area contributed by atoms with E-state index in [4.69, 9.17) is 0 Å². The van der Waals surface area contributed by atoms with Gasteiger partial charge in [0.15, 0.2) is 0 Å². The number of amides is 2. The highest BCUT2D eigenvalue weighted by Crippen LogP contribution is 2.25. The third kappa shape index (κ3) is 5.46. The molecule has 4 N–H and O–H groups in total. The predicted octanol–water partition coefficient (Wildman–Crippen LogP) is 4.47. The SMILES string of the molecule is Cl.O=C(Nc1ccc(C2=NCCN2)cc1)c1ccc(C(=O)Nc2ccc(C3=NCCN3)cc2)c2ccccc12. The number of carbonyl (C=O) groups is 2. The summed E-state index contributed by atoms with van der Waals surface area (Å²) in [4.78, 5) is 35.3. The molecule has 2 aliphatic rings. The van der Waals surface area contributed by atoms with Crippen molar-refractivity contribution in [2.75, 3.05) is 36.8 Å². The number of aliphatic imine (C=N–C) groups is 2. The largest absolute Gasteiger partial charge is 0.368 e. The molecular formula is C30H27ClN6O2. The van der Waals surface area contributed by atoms with Gasteiger partial charge in [-0.05, 0) is 71.4 Å². The van der Waals surface area contributed by atoms with Crippen molar-refractivity contribution < 1.29 is 9.59 Å². The second-order valence-electron chi connectivity index (χ2n) is 9.08. The van der Waals surface area contributed by atoms with Gasteiger partial charge < -0.3 is 21.3 Å². The van der Waals surface area contributed by atoms with Gasteiger partial charge in [-0.2, -0.15) is 0 Å². The molecule has 0 saturated heterocycles. The van der Waals surface area contributed by atoms with E-state index in [1.54, 1.807) is 12.1 Å². The summed E-state index contributed by atoms with van der Waals surface area (Å²) in [5.41, 5.74) is 4.34. The first-order chi connectivity index (χ1) is 18.7. The molecule has 6 rings (SSSR count). The molecule has 0 fully saturated rings. The van der Waals surface area contributed by atoms with Crippen molar-refractivity contribution in [2.45, 2.75) is 0 Å². The Hall–Kier alpha value is -4.69. The molecule has 9 heteroatoms. The van der Waals surface area contributed by atoms with E-state index in [1.807, 2.05) is 72.8 Å². The first kappa shape index (κ1) is 25.9. The van der Waals surface area contributed by atoms with Crippen LogP contribution in [0.15, 0.2) is 94.9 Å². The fourth-order valence-corrected chi connectivity index (χ4v) is 4.70. The van der Waals surface area contributed by atoms with Gasteiger partial charge in [0, 0.05) is 46.7 Å². The maximum Gasteiger partial charge on any atom is 0.256 e. The molecule has 8 nitrogen and oxygen atoms in total. The number of fused-ring (bicyclic) bond motifs is 1. The molecule has 0 aliphatic carbocycles. The highest BCUT2D eigenvalue weighted by Gasteiger charge is 2.17. The van der Waals surface area contributed by atoms with E-state index < -0.39 is 0 Å². The Kier molecular flexibility index (Phi) is 7.56. The second kappa shape index (κ2) is 11.4. The lowest BCUT2D eigenvalue weighted by molar-refractivity contribution is 0.101. The number of nitrogens with one attached hydrogen (secondary N) is 4. The van der Waals surface area contributed by atoms with Crippen LogP contribution in [0.5, 0.6) is 0 Å². The summed E-state index contributed by atoms with van der Waals surface area (Å²) in [5.74, 6) is 1.27. The van der Waals surface area contributed by atoms with E-state index in [9.17, 15) is 9.59 Å². The molecule has 0 spiro atoms. The van der Waals surface area contributed by atoms with Gasteiger partial charge in [0.2, 0.25) is 0 Å². The standard InChI is InChI=1S/C30H26N6O2.ClH/c37-29(35-21-9-5-19(6-10-21)27-31-15-16-32-27)25-13-14-26(24-4-2-1-3-23(24)25)30(38)36-22-11-7-20(8-12-22)28-33-17-18-34-28;/h1-14H,15-18H2,(H,31,32)(H,33,34)(H,35,37)(H,36,38);1H. The molecule has 4 aromatic carbocycles. The van der Waals surface area contributed by atoms with E-state index >= 15 is 0 Å². The first-order valence-corrected chi connectivity index (χ1v) is 12.6. The number of anilines is 2. The Labute approximate surface area is 232 Å². The van der Waals surface area contributed by atoms with Gasteiger partial charge in [-0.15, -0.1) is 12.4 Å². The summed E-state index contributed by atoms with van der Waals surface area (Å²) in [6.45, 7) is 3.23. The van der Waals surface area contributed by atoms with Gasteiger partial charge in [0.05, 0.1) is 13.1 Å². The van der Waals surface area contributed by atoms with E-state index in [0.29, 0.717) is 33.3 Å². The molecule has 196 valence electrons. The smallest absolute Gasteiger partial charge is 0.256 e. The lowest BCUT2D eigenvalue weighted by Crippen LogP contribution is -2.19. The van der Waals surface area contributed by atoms with Crippen LogP contribution in [0.3, 0.4) is 0 Å². The normalized spacial score (nSPS) is 13.9. The number of hydrogen-bond acceptors (Lipinski definition) is 6. The van der Waals surface area contributed by atoms with Crippen molar-refractivity contribution >= 4 is 58.0 Å². The monoisotopic (exact) mass is 538 g/mol. The maximum absolute atomic E-state index is 13.2. The van der Waals surface area contributed by atoms with E-state index in [1.165, 1.54) is 0 Å².